The van der Waals surface area contributed by atoms with Crippen molar-refractivity contribution in [3.8, 4) is 0 Å². The number of halogens is 1. The highest BCUT2D eigenvalue weighted by atomic mass is 79.9. The molecule has 116 valence electrons. The molecule has 2 aromatic heterocycles. The van der Waals surface area contributed by atoms with Crippen molar-refractivity contribution in [2.45, 2.75) is 6.92 Å². The predicted octanol–water partition coefficient (Wildman–Crippen LogP) is 4.14. The van der Waals surface area contributed by atoms with E-state index in [1.807, 2.05) is 24.3 Å². The Kier molecular flexibility index (Phi) is 4.38. The highest BCUT2D eigenvalue weighted by molar-refractivity contribution is 9.10. The molecular weight excluding hydrogens is 360 g/mol. The number of aryl methyl sites for hydroxylation is 1. The SMILES string of the molecule is Cc1cc(Nc2ccc(C(=O)Nc3ccc(Br)cc3)cn2)no1. The second-order valence-corrected chi connectivity index (χ2v) is 5.76. The van der Waals surface area contributed by atoms with Crippen LogP contribution in [0.4, 0.5) is 17.3 Å². The molecule has 7 heteroatoms. The minimum absolute atomic E-state index is 0.219. The summed E-state index contributed by atoms with van der Waals surface area (Å²) in [7, 11) is 0. The van der Waals surface area contributed by atoms with Gasteiger partial charge in [0.15, 0.2) is 5.82 Å². The Morgan fingerprint density at radius 2 is 1.91 bits per heavy atom. The number of nitrogens with zero attached hydrogens (tertiary/aromatic N) is 2. The third-order valence-electron chi connectivity index (χ3n) is 3.01. The molecule has 0 spiro atoms. The zero-order valence-electron chi connectivity index (χ0n) is 12.2. The van der Waals surface area contributed by atoms with Gasteiger partial charge in [-0.05, 0) is 43.3 Å². The molecule has 0 fully saturated rings. The summed E-state index contributed by atoms with van der Waals surface area (Å²) in [5.41, 5.74) is 1.19. The molecule has 1 aromatic carbocycles. The van der Waals surface area contributed by atoms with E-state index in [0.29, 0.717) is 23.0 Å². The maximum absolute atomic E-state index is 12.2. The number of carbonyl (C=O) groups is 1. The van der Waals surface area contributed by atoms with Crippen LogP contribution in [0, 0.1) is 6.92 Å². The van der Waals surface area contributed by atoms with E-state index < -0.39 is 0 Å². The minimum atomic E-state index is -0.219. The Morgan fingerprint density at radius 1 is 1.13 bits per heavy atom. The van der Waals surface area contributed by atoms with E-state index in [1.54, 1.807) is 25.1 Å². The van der Waals surface area contributed by atoms with Crippen LogP contribution < -0.4 is 10.6 Å². The van der Waals surface area contributed by atoms with Gasteiger partial charge in [-0.25, -0.2) is 4.98 Å². The predicted molar refractivity (Wildman–Crippen MR) is 90.9 cm³/mol. The lowest BCUT2D eigenvalue weighted by atomic mass is 10.2. The van der Waals surface area contributed by atoms with Crippen LogP contribution in [0.25, 0.3) is 0 Å². The first kappa shape index (κ1) is 15.2. The van der Waals surface area contributed by atoms with Gasteiger partial charge in [-0.3, -0.25) is 4.79 Å². The van der Waals surface area contributed by atoms with Crippen LogP contribution in [0.5, 0.6) is 0 Å². The van der Waals surface area contributed by atoms with Crippen molar-refractivity contribution in [2.75, 3.05) is 10.6 Å². The maximum atomic E-state index is 12.2. The third kappa shape index (κ3) is 3.95. The molecule has 0 bridgehead atoms. The molecule has 0 unspecified atom stereocenters. The molecular formula is C16H13BrN4O2. The summed E-state index contributed by atoms with van der Waals surface area (Å²) < 4.78 is 5.92. The van der Waals surface area contributed by atoms with Crippen LogP contribution in [-0.4, -0.2) is 16.0 Å². The van der Waals surface area contributed by atoms with Gasteiger partial charge < -0.3 is 15.2 Å². The fourth-order valence-electron chi connectivity index (χ4n) is 1.90. The number of carbonyl (C=O) groups excluding carboxylic acids is 1. The second-order valence-electron chi connectivity index (χ2n) is 4.84. The van der Waals surface area contributed by atoms with Crippen LogP contribution in [0.1, 0.15) is 16.1 Å². The van der Waals surface area contributed by atoms with Crippen molar-refractivity contribution >= 4 is 39.2 Å². The lowest BCUT2D eigenvalue weighted by Gasteiger charge is -2.06. The Labute approximate surface area is 141 Å². The van der Waals surface area contributed by atoms with Crippen LogP contribution in [0.15, 0.2) is 57.7 Å². The number of rotatable bonds is 4. The van der Waals surface area contributed by atoms with E-state index in [4.69, 9.17) is 4.52 Å². The zero-order valence-corrected chi connectivity index (χ0v) is 13.8. The third-order valence-corrected chi connectivity index (χ3v) is 3.54. The molecule has 0 saturated carbocycles. The Balaban J connectivity index is 1.66. The highest BCUT2D eigenvalue weighted by Crippen LogP contribution is 2.17. The lowest BCUT2D eigenvalue weighted by Crippen LogP contribution is -2.12. The number of pyridine rings is 1. The molecule has 23 heavy (non-hydrogen) atoms. The molecule has 0 aliphatic heterocycles. The van der Waals surface area contributed by atoms with E-state index in [0.717, 1.165) is 10.2 Å². The molecule has 0 aliphatic carbocycles. The standard InChI is InChI=1S/C16H13BrN4O2/c1-10-8-15(21-23-10)20-14-7-2-11(9-18-14)16(22)19-13-5-3-12(17)4-6-13/h2-9H,1H3,(H,19,22)(H,18,20,21). The Morgan fingerprint density at radius 3 is 2.52 bits per heavy atom. The summed E-state index contributed by atoms with van der Waals surface area (Å²) >= 11 is 3.35. The molecule has 3 rings (SSSR count). The average Bonchev–Trinajstić information content (AvgIpc) is 2.95. The van der Waals surface area contributed by atoms with Crippen molar-refractivity contribution < 1.29 is 9.32 Å². The highest BCUT2D eigenvalue weighted by Gasteiger charge is 2.08. The first-order chi connectivity index (χ1) is 11.1. The smallest absolute Gasteiger partial charge is 0.257 e. The number of amides is 1. The van der Waals surface area contributed by atoms with Gasteiger partial charge in [-0.1, -0.05) is 21.1 Å². The molecule has 0 saturated heterocycles. The maximum Gasteiger partial charge on any atom is 0.257 e. The number of benzene rings is 1. The molecule has 0 atom stereocenters. The molecule has 1 amide bonds. The van der Waals surface area contributed by atoms with Crippen LogP contribution in [0.3, 0.4) is 0 Å². The number of nitrogens with one attached hydrogen (secondary N) is 2. The van der Waals surface area contributed by atoms with Crippen molar-refractivity contribution in [1.82, 2.24) is 10.1 Å². The summed E-state index contributed by atoms with van der Waals surface area (Å²) in [6.45, 7) is 1.81. The average molecular weight is 373 g/mol. The summed E-state index contributed by atoms with van der Waals surface area (Å²) in [6.07, 6.45) is 1.50. The van der Waals surface area contributed by atoms with E-state index in [-0.39, 0.29) is 5.91 Å². The fraction of sp³-hybridized carbons (Fsp3) is 0.0625. The summed E-state index contributed by atoms with van der Waals surface area (Å²) in [5.74, 6) is 1.64. The van der Waals surface area contributed by atoms with Crippen molar-refractivity contribution in [3.05, 3.63) is 64.5 Å². The van der Waals surface area contributed by atoms with Gasteiger partial charge in [0.05, 0.1) is 5.56 Å². The number of hydrogen-bond acceptors (Lipinski definition) is 5. The largest absolute Gasteiger partial charge is 0.360 e. The molecule has 3 aromatic rings. The van der Waals surface area contributed by atoms with E-state index >= 15 is 0 Å². The topological polar surface area (TPSA) is 80.0 Å². The number of aromatic nitrogens is 2. The van der Waals surface area contributed by atoms with E-state index in [2.05, 4.69) is 36.7 Å². The summed E-state index contributed by atoms with van der Waals surface area (Å²) in [4.78, 5) is 16.4. The van der Waals surface area contributed by atoms with Crippen molar-refractivity contribution in [3.63, 3.8) is 0 Å². The number of anilines is 3. The van der Waals surface area contributed by atoms with Gasteiger partial charge in [0.25, 0.3) is 5.91 Å². The zero-order chi connectivity index (χ0) is 16.2. The molecule has 0 aliphatic rings. The first-order valence-corrected chi connectivity index (χ1v) is 7.63. The van der Waals surface area contributed by atoms with Gasteiger partial charge in [0.2, 0.25) is 0 Å². The van der Waals surface area contributed by atoms with E-state index in [9.17, 15) is 4.79 Å². The lowest BCUT2D eigenvalue weighted by molar-refractivity contribution is 0.102. The van der Waals surface area contributed by atoms with Crippen LogP contribution in [0.2, 0.25) is 0 Å². The van der Waals surface area contributed by atoms with Gasteiger partial charge >= 0.3 is 0 Å². The van der Waals surface area contributed by atoms with Crippen LogP contribution >= 0.6 is 15.9 Å². The summed E-state index contributed by atoms with van der Waals surface area (Å²) in [6, 6.07) is 12.5. The second kappa shape index (κ2) is 6.62. The van der Waals surface area contributed by atoms with Gasteiger partial charge in [-0.15, -0.1) is 0 Å². The van der Waals surface area contributed by atoms with Gasteiger partial charge in [0, 0.05) is 22.4 Å². The van der Waals surface area contributed by atoms with Gasteiger partial charge in [-0.2, -0.15) is 0 Å². The first-order valence-electron chi connectivity index (χ1n) is 6.83. The van der Waals surface area contributed by atoms with Crippen LogP contribution in [-0.2, 0) is 0 Å². The summed E-state index contributed by atoms with van der Waals surface area (Å²) in [5, 5.41) is 9.63. The molecule has 2 heterocycles. The Hall–Kier alpha value is -2.67. The van der Waals surface area contributed by atoms with Gasteiger partial charge in [0.1, 0.15) is 11.6 Å². The molecule has 6 nitrogen and oxygen atoms in total. The van der Waals surface area contributed by atoms with Crippen molar-refractivity contribution in [1.29, 1.82) is 0 Å². The quantitative estimate of drug-likeness (QED) is 0.719. The number of hydrogen-bond donors (Lipinski definition) is 2. The van der Waals surface area contributed by atoms with E-state index in [1.165, 1.54) is 6.20 Å². The Bertz CT molecular complexity index is 813. The molecule has 0 radical (unpaired) electrons. The minimum Gasteiger partial charge on any atom is -0.360 e. The molecule has 2 N–H and O–H groups in total. The van der Waals surface area contributed by atoms with Crippen molar-refractivity contribution in [2.24, 2.45) is 0 Å². The monoisotopic (exact) mass is 372 g/mol. The fourth-order valence-corrected chi connectivity index (χ4v) is 2.16. The normalized spacial score (nSPS) is 10.3.